The van der Waals surface area contributed by atoms with E-state index < -0.39 is 5.41 Å². The molecule has 1 rings (SSSR count). The van der Waals surface area contributed by atoms with Gasteiger partial charge in [-0.2, -0.15) is 0 Å². The predicted molar refractivity (Wildman–Crippen MR) is 76.8 cm³/mol. The number of hydrogen-bond donors (Lipinski definition) is 3. The molecular formula is C14H23N3O2. The molecule has 1 aromatic carbocycles. The Hall–Kier alpha value is -1.75. The highest BCUT2D eigenvalue weighted by Gasteiger charge is 2.29. The van der Waals surface area contributed by atoms with Crippen LogP contribution < -0.4 is 16.2 Å². The van der Waals surface area contributed by atoms with Crippen molar-refractivity contribution in [1.82, 2.24) is 5.43 Å². The number of benzene rings is 1. The van der Waals surface area contributed by atoms with Gasteiger partial charge in [0.2, 0.25) is 5.91 Å². The fourth-order valence-electron chi connectivity index (χ4n) is 2.05. The molecule has 5 heteroatoms. The van der Waals surface area contributed by atoms with Crippen LogP contribution in [0, 0.1) is 12.3 Å². The number of nitrogens with one attached hydrogen (secondary N) is 1. The number of amides is 1. The lowest BCUT2D eigenvalue weighted by molar-refractivity contribution is -0.128. The van der Waals surface area contributed by atoms with E-state index in [2.05, 4.69) is 10.3 Å². The third-order valence-electron chi connectivity index (χ3n) is 3.25. The van der Waals surface area contributed by atoms with Crippen molar-refractivity contribution >= 4 is 11.6 Å². The summed E-state index contributed by atoms with van der Waals surface area (Å²) in [6, 6.07) is 5.24. The molecular weight excluding hydrogens is 242 g/mol. The molecule has 0 aliphatic rings. The molecule has 4 N–H and O–H groups in total. The summed E-state index contributed by atoms with van der Waals surface area (Å²) < 4.78 is 0. The Labute approximate surface area is 114 Å². The molecule has 106 valence electrons. The van der Waals surface area contributed by atoms with Crippen LogP contribution in [-0.2, 0) is 4.79 Å². The molecule has 1 aromatic rings. The molecule has 0 saturated carbocycles. The lowest BCUT2D eigenvalue weighted by atomic mass is 9.91. The average Bonchev–Trinajstić information content (AvgIpc) is 2.38. The van der Waals surface area contributed by atoms with Crippen LogP contribution in [0.1, 0.15) is 26.3 Å². The third kappa shape index (κ3) is 3.61. The first kappa shape index (κ1) is 15.3. The molecule has 0 spiro atoms. The Balaban J connectivity index is 3.01. The van der Waals surface area contributed by atoms with Gasteiger partial charge in [0, 0.05) is 24.8 Å². The van der Waals surface area contributed by atoms with E-state index in [1.165, 1.54) is 0 Å². The number of aromatic hydroxyl groups is 1. The van der Waals surface area contributed by atoms with E-state index in [-0.39, 0.29) is 11.7 Å². The van der Waals surface area contributed by atoms with E-state index in [9.17, 15) is 9.90 Å². The van der Waals surface area contributed by atoms with E-state index in [0.717, 1.165) is 17.8 Å². The van der Waals surface area contributed by atoms with Crippen molar-refractivity contribution in [2.24, 2.45) is 11.3 Å². The van der Waals surface area contributed by atoms with Gasteiger partial charge in [0.15, 0.2) is 0 Å². The molecule has 5 nitrogen and oxygen atoms in total. The first-order valence-corrected chi connectivity index (χ1v) is 6.37. The summed E-state index contributed by atoms with van der Waals surface area (Å²) in [5.74, 6) is 5.23. The minimum atomic E-state index is -0.608. The number of anilines is 1. The zero-order valence-electron chi connectivity index (χ0n) is 12.0. The zero-order chi connectivity index (χ0) is 14.6. The topological polar surface area (TPSA) is 78.6 Å². The normalized spacial score (nSPS) is 11.2. The van der Waals surface area contributed by atoms with E-state index in [1.54, 1.807) is 12.1 Å². The Bertz CT molecular complexity index is 458. The van der Waals surface area contributed by atoms with Crippen molar-refractivity contribution in [3.63, 3.8) is 0 Å². The van der Waals surface area contributed by atoms with Crippen LogP contribution in [0.3, 0.4) is 0 Å². The van der Waals surface area contributed by atoms with Crippen molar-refractivity contribution in [2.45, 2.75) is 27.7 Å². The van der Waals surface area contributed by atoms with Crippen LogP contribution >= 0.6 is 0 Å². The van der Waals surface area contributed by atoms with E-state index in [1.807, 2.05) is 33.8 Å². The van der Waals surface area contributed by atoms with Crippen LogP contribution in [0.4, 0.5) is 5.69 Å². The van der Waals surface area contributed by atoms with Crippen LogP contribution in [0.5, 0.6) is 5.75 Å². The monoisotopic (exact) mass is 265 g/mol. The fourth-order valence-corrected chi connectivity index (χ4v) is 2.05. The molecule has 0 atom stereocenters. The third-order valence-corrected chi connectivity index (χ3v) is 3.25. The lowest BCUT2D eigenvalue weighted by Gasteiger charge is -2.33. The molecule has 0 aliphatic carbocycles. The predicted octanol–water partition coefficient (Wildman–Crippen LogP) is 1.54. The number of hydrogen-bond acceptors (Lipinski definition) is 4. The number of carbonyl (C=O) groups excluding carboxylic acids is 1. The van der Waals surface area contributed by atoms with Gasteiger partial charge in [-0.3, -0.25) is 10.2 Å². The highest BCUT2D eigenvalue weighted by molar-refractivity contribution is 5.82. The van der Waals surface area contributed by atoms with Crippen molar-refractivity contribution in [2.75, 3.05) is 18.0 Å². The van der Waals surface area contributed by atoms with Gasteiger partial charge < -0.3 is 10.0 Å². The number of aryl methyl sites for hydroxylation is 1. The second-order valence-electron chi connectivity index (χ2n) is 5.34. The molecule has 0 aromatic heterocycles. The van der Waals surface area contributed by atoms with Gasteiger partial charge in [-0.05, 0) is 39.3 Å². The van der Waals surface area contributed by atoms with Gasteiger partial charge in [-0.1, -0.05) is 6.07 Å². The maximum absolute atomic E-state index is 11.8. The molecule has 19 heavy (non-hydrogen) atoms. The van der Waals surface area contributed by atoms with Gasteiger partial charge >= 0.3 is 0 Å². The van der Waals surface area contributed by atoms with Crippen molar-refractivity contribution in [3.8, 4) is 5.75 Å². The number of nitrogens with zero attached hydrogens (tertiary/aromatic N) is 1. The van der Waals surface area contributed by atoms with Gasteiger partial charge in [0.25, 0.3) is 0 Å². The number of phenols is 1. The molecule has 0 bridgehead atoms. The van der Waals surface area contributed by atoms with Gasteiger partial charge in [-0.15, -0.1) is 0 Å². The smallest absolute Gasteiger partial charge is 0.241 e. The Morgan fingerprint density at radius 3 is 2.63 bits per heavy atom. The fraction of sp³-hybridized carbons (Fsp3) is 0.500. The summed E-state index contributed by atoms with van der Waals surface area (Å²) in [6.45, 7) is 8.95. The van der Waals surface area contributed by atoms with Crippen LogP contribution in [0.2, 0.25) is 0 Å². The summed E-state index contributed by atoms with van der Waals surface area (Å²) >= 11 is 0. The van der Waals surface area contributed by atoms with E-state index in [4.69, 9.17) is 5.84 Å². The largest absolute Gasteiger partial charge is 0.508 e. The van der Waals surface area contributed by atoms with Crippen LogP contribution in [-0.4, -0.2) is 24.1 Å². The number of phenolic OH excluding ortho intramolecular Hbond substituents is 1. The lowest BCUT2D eigenvalue weighted by Crippen LogP contribution is -2.47. The maximum atomic E-state index is 11.8. The van der Waals surface area contributed by atoms with E-state index >= 15 is 0 Å². The van der Waals surface area contributed by atoms with Gasteiger partial charge in [0.05, 0.1) is 5.41 Å². The first-order valence-electron chi connectivity index (χ1n) is 6.37. The second kappa shape index (κ2) is 5.93. The van der Waals surface area contributed by atoms with Crippen LogP contribution in [0.25, 0.3) is 0 Å². The summed E-state index contributed by atoms with van der Waals surface area (Å²) in [4.78, 5) is 13.8. The van der Waals surface area contributed by atoms with Gasteiger partial charge in [0.1, 0.15) is 5.75 Å². The number of carbonyl (C=O) groups is 1. The highest BCUT2D eigenvalue weighted by atomic mass is 16.3. The zero-order valence-corrected chi connectivity index (χ0v) is 12.0. The SMILES string of the molecule is CCN(CC(C)(C)C(=O)NN)c1cc(O)ccc1C. The Morgan fingerprint density at radius 1 is 1.47 bits per heavy atom. The summed E-state index contributed by atoms with van der Waals surface area (Å²) in [5.41, 5.74) is 3.58. The van der Waals surface area contributed by atoms with Gasteiger partial charge in [-0.25, -0.2) is 5.84 Å². The Morgan fingerprint density at radius 2 is 2.11 bits per heavy atom. The molecule has 0 heterocycles. The number of hydrazine groups is 1. The Kier molecular flexibility index (Phi) is 4.78. The molecule has 1 amide bonds. The number of rotatable bonds is 5. The average molecular weight is 265 g/mol. The van der Waals surface area contributed by atoms with Crippen molar-refractivity contribution < 1.29 is 9.90 Å². The minimum Gasteiger partial charge on any atom is -0.508 e. The molecule has 0 unspecified atom stereocenters. The molecule has 0 aliphatic heterocycles. The van der Waals surface area contributed by atoms with E-state index in [0.29, 0.717) is 6.54 Å². The standard InChI is InChI=1S/C14H23N3O2/c1-5-17(9-14(3,4)13(19)16-15)12-8-11(18)7-6-10(12)2/h6-8,18H,5,9,15H2,1-4H3,(H,16,19). The van der Waals surface area contributed by atoms with Crippen LogP contribution in [0.15, 0.2) is 18.2 Å². The molecule has 0 radical (unpaired) electrons. The minimum absolute atomic E-state index is 0.205. The quantitative estimate of drug-likeness (QED) is 0.429. The van der Waals surface area contributed by atoms with Crippen molar-refractivity contribution in [1.29, 1.82) is 0 Å². The second-order valence-corrected chi connectivity index (χ2v) is 5.34. The molecule has 0 saturated heterocycles. The summed E-state index contributed by atoms with van der Waals surface area (Å²) in [5, 5.41) is 9.61. The van der Waals surface area contributed by atoms with Crippen molar-refractivity contribution in [3.05, 3.63) is 23.8 Å². The number of nitrogens with two attached hydrogens (primary N) is 1. The highest BCUT2D eigenvalue weighted by Crippen LogP contribution is 2.28. The molecule has 0 fully saturated rings. The maximum Gasteiger partial charge on any atom is 0.241 e. The summed E-state index contributed by atoms with van der Waals surface area (Å²) in [6.07, 6.45) is 0. The first-order chi connectivity index (χ1) is 8.81. The summed E-state index contributed by atoms with van der Waals surface area (Å²) in [7, 11) is 0.